The summed E-state index contributed by atoms with van der Waals surface area (Å²) in [5, 5.41) is 21.1. The molecule has 1 fully saturated rings. The van der Waals surface area contributed by atoms with Crippen molar-refractivity contribution in [3.8, 4) is 0 Å². The molecule has 0 aromatic rings. The summed E-state index contributed by atoms with van der Waals surface area (Å²) >= 11 is 0. The van der Waals surface area contributed by atoms with Gasteiger partial charge in [0.15, 0.2) is 0 Å². The van der Waals surface area contributed by atoms with E-state index in [2.05, 4.69) is 0 Å². The van der Waals surface area contributed by atoms with Crippen LogP contribution in [0.3, 0.4) is 0 Å². The van der Waals surface area contributed by atoms with Crippen LogP contribution in [0.4, 0.5) is 0 Å². The Kier molecular flexibility index (Phi) is 4.62. The zero-order chi connectivity index (χ0) is 12.8. The van der Waals surface area contributed by atoms with Crippen LogP contribution in [0, 0.1) is 20.2 Å². The van der Waals surface area contributed by atoms with Crippen LogP contribution in [-0.2, 0) is 0 Å². The predicted molar refractivity (Wildman–Crippen MR) is 61.3 cm³/mol. The van der Waals surface area contributed by atoms with Gasteiger partial charge < -0.3 is 4.90 Å². The van der Waals surface area contributed by atoms with Crippen LogP contribution < -0.4 is 0 Å². The first-order valence-electron chi connectivity index (χ1n) is 5.43. The Morgan fingerprint density at radius 2 is 1.76 bits per heavy atom. The van der Waals surface area contributed by atoms with Crippen molar-refractivity contribution >= 4 is 0 Å². The number of rotatable bonds is 4. The van der Waals surface area contributed by atoms with Crippen molar-refractivity contribution in [3.05, 3.63) is 43.9 Å². The average molecular weight is 241 g/mol. The molecule has 0 unspecified atom stereocenters. The van der Waals surface area contributed by atoms with Gasteiger partial charge in [0.1, 0.15) is 0 Å². The van der Waals surface area contributed by atoms with Gasteiger partial charge in [-0.25, -0.2) is 0 Å². The maximum absolute atomic E-state index is 10.8. The molecule has 1 aliphatic heterocycles. The Balaban J connectivity index is 2.87. The van der Waals surface area contributed by atoms with E-state index < -0.39 is 9.85 Å². The lowest BCUT2D eigenvalue weighted by Crippen LogP contribution is -2.25. The normalized spacial score (nSPS) is 18.1. The van der Waals surface area contributed by atoms with Gasteiger partial charge in [-0.1, -0.05) is 0 Å². The molecule has 0 bridgehead atoms. The third-order valence-corrected chi connectivity index (χ3v) is 2.60. The second-order valence-electron chi connectivity index (χ2n) is 3.97. The molecule has 0 radical (unpaired) electrons. The molecule has 0 N–H and O–H groups in total. The lowest BCUT2D eigenvalue weighted by molar-refractivity contribution is -0.427. The summed E-state index contributed by atoms with van der Waals surface area (Å²) in [6.45, 7) is 2.91. The Labute approximate surface area is 98.7 Å². The zero-order valence-electron chi connectivity index (χ0n) is 9.66. The fourth-order valence-electron chi connectivity index (χ4n) is 1.74. The molecular formula is C10H15N3O4. The number of nitrogens with zero attached hydrogens (tertiary/aromatic N) is 3. The van der Waals surface area contributed by atoms with Gasteiger partial charge in [-0.15, -0.1) is 0 Å². The van der Waals surface area contributed by atoms with E-state index >= 15 is 0 Å². The molecule has 0 aromatic heterocycles. The van der Waals surface area contributed by atoms with Crippen LogP contribution in [0.2, 0.25) is 0 Å². The van der Waals surface area contributed by atoms with E-state index in [1.54, 1.807) is 0 Å². The first-order chi connectivity index (χ1) is 8.00. The van der Waals surface area contributed by atoms with Crippen LogP contribution in [-0.4, -0.2) is 27.8 Å². The minimum atomic E-state index is -0.678. The molecule has 1 saturated heterocycles. The molecule has 7 nitrogen and oxygen atoms in total. The molecule has 0 spiro atoms. The van der Waals surface area contributed by atoms with Crippen molar-refractivity contribution in [2.75, 3.05) is 13.1 Å². The Morgan fingerprint density at radius 1 is 1.18 bits per heavy atom. The molecule has 1 aliphatic rings. The number of allylic oxidation sites excluding steroid dienone is 1. The second-order valence-corrected chi connectivity index (χ2v) is 3.97. The average Bonchev–Trinajstić information content (AvgIpc) is 2.25. The summed E-state index contributed by atoms with van der Waals surface area (Å²) in [6, 6.07) is 0. The van der Waals surface area contributed by atoms with E-state index in [-0.39, 0.29) is 11.3 Å². The van der Waals surface area contributed by atoms with Crippen molar-refractivity contribution in [2.45, 2.75) is 26.2 Å². The highest BCUT2D eigenvalue weighted by molar-refractivity contribution is 5.20. The van der Waals surface area contributed by atoms with Crippen LogP contribution in [0.1, 0.15) is 26.2 Å². The highest BCUT2D eigenvalue weighted by Gasteiger charge is 2.19. The van der Waals surface area contributed by atoms with Crippen molar-refractivity contribution in [1.29, 1.82) is 0 Å². The van der Waals surface area contributed by atoms with E-state index in [1.165, 1.54) is 13.1 Å². The Hall–Kier alpha value is -1.92. The molecule has 0 aromatic carbocycles. The lowest BCUT2D eigenvalue weighted by atomic mass is 10.1. The summed E-state index contributed by atoms with van der Waals surface area (Å²) < 4.78 is 0. The minimum absolute atomic E-state index is 0.0607. The summed E-state index contributed by atoms with van der Waals surface area (Å²) in [7, 11) is 0. The molecule has 0 atom stereocenters. The predicted octanol–water partition coefficient (Wildman–Crippen LogP) is 1.77. The number of hydrogen-bond acceptors (Lipinski definition) is 5. The molecule has 0 amide bonds. The van der Waals surface area contributed by atoms with E-state index in [9.17, 15) is 20.2 Å². The van der Waals surface area contributed by atoms with Gasteiger partial charge in [-0.2, -0.15) is 0 Å². The van der Waals surface area contributed by atoms with Crippen LogP contribution >= 0.6 is 0 Å². The summed E-state index contributed by atoms with van der Waals surface area (Å²) in [4.78, 5) is 21.7. The van der Waals surface area contributed by atoms with Gasteiger partial charge in [0.2, 0.25) is 6.20 Å². The summed E-state index contributed by atoms with van der Waals surface area (Å²) in [6.07, 6.45) is 5.20. The first kappa shape index (κ1) is 13.1. The fraction of sp³-hybridized carbons (Fsp3) is 0.600. The zero-order valence-corrected chi connectivity index (χ0v) is 9.66. The van der Waals surface area contributed by atoms with Gasteiger partial charge in [-0.05, 0) is 26.2 Å². The molecule has 0 saturated carbocycles. The second kappa shape index (κ2) is 5.97. The smallest absolute Gasteiger partial charge is 0.294 e. The number of hydrogen-bond donors (Lipinski definition) is 0. The fourth-order valence-corrected chi connectivity index (χ4v) is 1.74. The minimum Gasteiger partial charge on any atom is -0.372 e. The van der Waals surface area contributed by atoms with E-state index in [0.717, 1.165) is 32.4 Å². The monoisotopic (exact) mass is 241 g/mol. The Morgan fingerprint density at radius 3 is 2.24 bits per heavy atom. The number of likely N-dealkylation sites (tertiary alicyclic amines) is 1. The van der Waals surface area contributed by atoms with Gasteiger partial charge in [0.05, 0.1) is 21.6 Å². The van der Waals surface area contributed by atoms with Crippen LogP contribution in [0.5, 0.6) is 0 Å². The van der Waals surface area contributed by atoms with Gasteiger partial charge in [0, 0.05) is 13.1 Å². The molecule has 17 heavy (non-hydrogen) atoms. The van der Waals surface area contributed by atoms with Crippen molar-refractivity contribution in [1.82, 2.24) is 4.90 Å². The van der Waals surface area contributed by atoms with Crippen molar-refractivity contribution < 1.29 is 9.85 Å². The standard InChI is InChI=1S/C10H15N3O4/c1-9(7-12(14)15)10(13(16)17)8-11-5-3-2-4-6-11/h7-8H,2-6H2,1H3/b9-7+,10-8+. The summed E-state index contributed by atoms with van der Waals surface area (Å²) in [5.41, 5.74) is -0.144. The molecule has 1 rings (SSSR count). The molecule has 1 heterocycles. The topological polar surface area (TPSA) is 89.5 Å². The van der Waals surface area contributed by atoms with Crippen molar-refractivity contribution in [3.63, 3.8) is 0 Å². The lowest BCUT2D eigenvalue weighted by Gasteiger charge is -2.24. The van der Waals surface area contributed by atoms with Gasteiger partial charge in [0.25, 0.3) is 5.70 Å². The van der Waals surface area contributed by atoms with Crippen molar-refractivity contribution in [2.24, 2.45) is 0 Å². The highest BCUT2D eigenvalue weighted by atomic mass is 16.6. The third-order valence-electron chi connectivity index (χ3n) is 2.60. The van der Waals surface area contributed by atoms with E-state index in [4.69, 9.17) is 0 Å². The molecule has 7 heteroatoms. The summed E-state index contributed by atoms with van der Waals surface area (Å²) in [5.74, 6) is 0. The van der Waals surface area contributed by atoms with E-state index in [1.807, 2.05) is 4.90 Å². The van der Waals surface area contributed by atoms with Crippen LogP contribution in [0.15, 0.2) is 23.7 Å². The van der Waals surface area contributed by atoms with Crippen LogP contribution in [0.25, 0.3) is 0 Å². The van der Waals surface area contributed by atoms with Gasteiger partial charge in [-0.3, -0.25) is 20.2 Å². The highest BCUT2D eigenvalue weighted by Crippen LogP contribution is 2.15. The maximum atomic E-state index is 10.8. The first-order valence-corrected chi connectivity index (χ1v) is 5.43. The quantitative estimate of drug-likeness (QED) is 0.425. The SMILES string of the molecule is CC(=C\[N+](=O)[O-])/C(=C\N1CCCCC1)[N+](=O)[O-]. The van der Waals surface area contributed by atoms with E-state index in [0.29, 0.717) is 6.20 Å². The van der Waals surface area contributed by atoms with Gasteiger partial charge >= 0.3 is 0 Å². The number of nitro groups is 2. The third kappa shape index (κ3) is 4.21. The number of piperidine rings is 1. The largest absolute Gasteiger partial charge is 0.372 e. The molecular weight excluding hydrogens is 226 g/mol. The maximum Gasteiger partial charge on any atom is 0.294 e. The molecule has 94 valence electrons. The molecule has 0 aliphatic carbocycles. The Bertz CT molecular complexity index is 370.